The summed E-state index contributed by atoms with van der Waals surface area (Å²) in [6.07, 6.45) is 2.21. The number of halogens is 2. The Labute approximate surface area is 74.5 Å². The number of aryl methyl sites for hydroxylation is 1. The van der Waals surface area contributed by atoms with Crippen molar-refractivity contribution >= 4 is 42.3 Å². The van der Waals surface area contributed by atoms with E-state index in [4.69, 9.17) is 0 Å². The zero-order valence-corrected chi connectivity index (χ0v) is 9.23. The van der Waals surface area contributed by atoms with E-state index < -0.39 is 0 Å². The molecule has 0 radical (unpaired) electrons. The van der Waals surface area contributed by atoms with E-state index in [9.17, 15) is 0 Å². The number of hydrogen-bond donors (Lipinski definition) is 0. The molecule has 0 saturated carbocycles. The van der Waals surface area contributed by atoms with Crippen molar-refractivity contribution in [2.75, 3.05) is 0 Å². The van der Waals surface area contributed by atoms with Crippen molar-refractivity contribution < 1.29 is 0 Å². The average molecular weight is 271 g/mol. The van der Waals surface area contributed by atoms with Gasteiger partial charge >= 0.3 is 0 Å². The number of thiophene rings is 1. The molecule has 0 aliphatic carbocycles. The molecule has 0 spiro atoms. The molecule has 3 heteroatoms. The fraction of sp³-hybridized carbons (Fsp3) is 0.333. The summed E-state index contributed by atoms with van der Waals surface area (Å²) in [7, 11) is 0.346. The van der Waals surface area contributed by atoms with Crippen molar-refractivity contribution in [1.29, 1.82) is 0 Å². The highest BCUT2D eigenvalue weighted by Gasteiger charge is 2.13. The lowest BCUT2D eigenvalue weighted by Gasteiger charge is -1.78. The molecule has 1 rings (SSSR count). The van der Waals surface area contributed by atoms with Gasteiger partial charge in [-0.05, 0) is 42.3 Å². The van der Waals surface area contributed by atoms with E-state index in [0.717, 1.165) is 0 Å². The molecule has 1 heterocycles. The van der Waals surface area contributed by atoms with Gasteiger partial charge in [0.2, 0.25) is 0 Å². The Morgan fingerprint density at radius 3 is 2.11 bits per heavy atom. The maximum absolute atomic E-state index is 3.48. The lowest BCUT2D eigenvalue weighted by atomic mass is 10.5. The second-order valence-electron chi connectivity index (χ2n) is 1.89. The van der Waals surface area contributed by atoms with E-state index >= 15 is 0 Å². The minimum absolute atomic E-state index is 0.346. The van der Waals surface area contributed by atoms with Crippen molar-refractivity contribution in [3.05, 3.63) is 19.2 Å². The van der Waals surface area contributed by atoms with Crippen LogP contribution in [-0.4, -0.2) is 0 Å². The van der Waals surface area contributed by atoms with Crippen LogP contribution in [0.1, 0.15) is 4.88 Å². The van der Waals surface area contributed by atoms with Gasteiger partial charge in [0, 0.05) is 6.92 Å². The van der Waals surface area contributed by atoms with Crippen LogP contribution >= 0.6 is 42.3 Å². The largest absolute Gasteiger partial charge is 0.162 e. The third-order valence-electron chi connectivity index (χ3n) is 1.28. The molecule has 1 unspecified atom stereocenters. The predicted octanol–water partition coefficient (Wildman–Crippen LogP) is 3.81. The normalized spacial score (nSPS) is 12.2. The summed E-state index contributed by atoms with van der Waals surface area (Å²) in [5.41, 5.74) is 0. The Balaban J connectivity index is 3.29. The first-order chi connectivity index (χ1) is 4.13. The van der Waals surface area contributed by atoms with Crippen LogP contribution in [0.15, 0.2) is 14.3 Å². The Bertz CT molecular complexity index is 205. The molecule has 0 saturated heterocycles. The van der Waals surface area contributed by atoms with E-state index in [-0.39, 0.29) is 0 Å². The molecular formula is C6H7Br2S+. The van der Waals surface area contributed by atoms with Gasteiger partial charge in [-0.1, -0.05) is 0 Å². The molecule has 0 N–H and O–H groups in total. The van der Waals surface area contributed by atoms with Gasteiger partial charge in [-0.2, -0.15) is 0 Å². The van der Waals surface area contributed by atoms with E-state index in [1.807, 2.05) is 0 Å². The van der Waals surface area contributed by atoms with Crippen LogP contribution in [0.25, 0.3) is 0 Å². The van der Waals surface area contributed by atoms with Gasteiger partial charge in [0.25, 0.3) is 0 Å². The first-order valence-electron chi connectivity index (χ1n) is 2.51. The minimum Gasteiger partial charge on any atom is -0.0442 e. The van der Waals surface area contributed by atoms with Gasteiger partial charge in [0.1, 0.15) is 6.26 Å². The fourth-order valence-corrected chi connectivity index (χ4v) is 3.90. The molecule has 0 aromatic carbocycles. The minimum atomic E-state index is 0.346. The summed E-state index contributed by atoms with van der Waals surface area (Å²) in [6.45, 7) is 2.15. The summed E-state index contributed by atoms with van der Waals surface area (Å²) >= 11 is 6.93. The summed E-state index contributed by atoms with van der Waals surface area (Å²) in [5, 5.41) is 2.22. The SMILES string of the molecule is Cc1c(Br)c(Br)c[s+]1C. The smallest absolute Gasteiger partial charge is 0.0442 e. The first kappa shape index (κ1) is 7.76. The Morgan fingerprint density at radius 2 is 2.00 bits per heavy atom. The van der Waals surface area contributed by atoms with Gasteiger partial charge in [-0.15, -0.1) is 0 Å². The second kappa shape index (κ2) is 2.72. The molecule has 0 bridgehead atoms. The molecular weight excluding hydrogens is 264 g/mol. The Kier molecular flexibility index (Phi) is 2.35. The van der Waals surface area contributed by atoms with Crippen molar-refractivity contribution in [3.8, 4) is 0 Å². The van der Waals surface area contributed by atoms with Gasteiger partial charge in [0.15, 0.2) is 10.3 Å². The van der Waals surface area contributed by atoms with Gasteiger partial charge in [-0.3, -0.25) is 0 Å². The summed E-state index contributed by atoms with van der Waals surface area (Å²) in [4.78, 5) is 1.43. The average Bonchev–Trinajstić information content (AvgIpc) is 1.98. The van der Waals surface area contributed by atoms with Gasteiger partial charge in [-0.25, -0.2) is 0 Å². The lowest BCUT2D eigenvalue weighted by molar-refractivity contribution is 1.56. The summed E-state index contributed by atoms with van der Waals surface area (Å²) in [6, 6.07) is 0. The summed E-state index contributed by atoms with van der Waals surface area (Å²) < 4.78 is 2.43. The highest BCUT2D eigenvalue weighted by molar-refractivity contribution is 9.13. The van der Waals surface area contributed by atoms with Crippen LogP contribution in [0.3, 0.4) is 0 Å². The molecule has 1 aromatic heterocycles. The van der Waals surface area contributed by atoms with Crippen molar-refractivity contribution in [2.45, 2.75) is 6.92 Å². The Morgan fingerprint density at radius 1 is 1.44 bits per heavy atom. The van der Waals surface area contributed by atoms with Gasteiger partial charge < -0.3 is 0 Å². The third kappa shape index (κ3) is 1.38. The van der Waals surface area contributed by atoms with E-state index in [0.29, 0.717) is 10.5 Å². The van der Waals surface area contributed by atoms with Crippen LogP contribution in [0.2, 0.25) is 0 Å². The molecule has 50 valence electrons. The van der Waals surface area contributed by atoms with Crippen molar-refractivity contribution in [3.63, 3.8) is 0 Å². The van der Waals surface area contributed by atoms with Crippen LogP contribution in [-0.2, 0) is 6.26 Å². The van der Waals surface area contributed by atoms with E-state index in [2.05, 4.69) is 50.4 Å². The first-order valence-corrected chi connectivity index (χ1v) is 5.80. The molecule has 0 aliphatic heterocycles. The van der Waals surface area contributed by atoms with Crippen LogP contribution < -0.4 is 0 Å². The maximum Gasteiger partial charge on any atom is 0.162 e. The van der Waals surface area contributed by atoms with E-state index in [1.165, 1.54) is 13.8 Å². The molecule has 1 aromatic rings. The predicted molar refractivity (Wildman–Crippen MR) is 50.0 cm³/mol. The Hall–Kier alpha value is 0.660. The summed E-state index contributed by atoms with van der Waals surface area (Å²) in [5.74, 6) is 0. The molecule has 0 amide bonds. The lowest BCUT2D eigenvalue weighted by Crippen LogP contribution is -1.61. The van der Waals surface area contributed by atoms with Crippen molar-refractivity contribution in [2.24, 2.45) is 6.26 Å². The standard InChI is InChI=1S/C6H7Br2S/c1-4-6(8)5(7)3-9(4)2/h3H,1-2H3/q+1. The monoisotopic (exact) mass is 269 g/mol. The van der Waals surface area contributed by atoms with Crippen LogP contribution in [0, 0.1) is 6.92 Å². The molecule has 1 atom stereocenters. The molecule has 9 heavy (non-hydrogen) atoms. The fourth-order valence-electron chi connectivity index (χ4n) is 0.605. The topological polar surface area (TPSA) is 0 Å². The van der Waals surface area contributed by atoms with E-state index in [1.54, 1.807) is 0 Å². The molecule has 0 nitrogen and oxygen atoms in total. The highest BCUT2D eigenvalue weighted by Crippen LogP contribution is 2.37. The molecule has 0 fully saturated rings. The molecule has 0 aliphatic rings. The number of rotatable bonds is 0. The van der Waals surface area contributed by atoms with Crippen LogP contribution in [0.5, 0.6) is 0 Å². The zero-order valence-electron chi connectivity index (χ0n) is 5.24. The van der Waals surface area contributed by atoms with Gasteiger partial charge in [0.05, 0.1) is 8.95 Å². The van der Waals surface area contributed by atoms with Crippen molar-refractivity contribution in [1.82, 2.24) is 0 Å². The quantitative estimate of drug-likeness (QED) is 0.629. The second-order valence-corrected chi connectivity index (χ2v) is 5.50. The number of hydrogen-bond acceptors (Lipinski definition) is 0. The third-order valence-corrected chi connectivity index (χ3v) is 5.79. The van der Waals surface area contributed by atoms with Crippen LogP contribution in [0.4, 0.5) is 0 Å². The zero-order chi connectivity index (χ0) is 7.02. The maximum atomic E-state index is 3.48. The highest BCUT2D eigenvalue weighted by atomic mass is 79.9.